The van der Waals surface area contributed by atoms with Crippen LogP contribution in [0.1, 0.15) is 33.6 Å². The highest BCUT2D eigenvalue weighted by Gasteiger charge is 2.43. The van der Waals surface area contributed by atoms with E-state index >= 15 is 0 Å². The lowest BCUT2D eigenvalue weighted by atomic mass is 9.95. The number of amides is 1. The molecule has 0 aliphatic rings. The second kappa shape index (κ2) is 9.23. The Balaban J connectivity index is 4.12. The molecule has 0 aromatic heterocycles. The van der Waals surface area contributed by atoms with E-state index in [-0.39, 0.29) is 18.9 Å². The molecule has 23 heavy (non-hydrogen) atoms. The molecule has 2 unspecified atom stereocenters. The number of hydrogen-bond donors (Lipinski definition) is 3. The zero-order valence-corrected chi connectivity index (χ0v) is 13.2. The first-order valence-electron chi connectivity index (χ1n) is 6.96. The van der Waals surface area contributed by atoms with E-state index in [2.05, 4.69) is 5.32 Å². The van der Waals surface area contributed by atoms with Crippen molar-refractivity contribution in [2.24, 2.45) is 11.7 Å². The minimum absolute atomic E-state index is 0.0948. The van der Waals surface area contributed by atoms with E-state index in [1.54, 1.807) is 13.8 Å². The summed E-state index contributed by atoms with van der Waals surface area (Å²) in [5.41, 5.74) is 2.45. The van der Waals surface area contributed by atoms with E-state index in [0.717, 1.165) is 0 Å². The Morgan fingerprint density at radius 3 is 2.22 bits per heavy atom. The topological polar surface area (TPSA) is 128 Å². The molecule has 0 saturated heterocycles. The van der Waals surface area contributed by atoms with Crippen molar-refractivity contribution in [1.29, 1.82) is 0 Å². The summed E-state index contributed by atoms with van der Waals surface area (Å²) in [7, 11) is 0. The Labute approximate surface area is 132 Å². The molecule has 0 bridgehead atoms. The van der Waals surface area contributed by atoms with Crippen LogP contribution in [0.25, 0.3) is 0 Å². The van der Waals surface area contributed by atoms with Crippen molar-refractivity contribution in [2.75, 3.05) is 6.54 Å². The number of halogens is 2. The lowest BCUT2D eigenvalue weighted by Crippen LogP contribution is -2.54. The highest BCUT2D eigenvalue weighted by Crippen LogP contribution is 2.19. The van der Waals surface area contributed by atoms with Gasteiger partial charge in [0.15, 0.2) is 5.54 Å². The van der Waals surface area contributed by atoms with Gasteiger partial charge in [-0.1, -0.05) is 13.8 Å². The molecule has 0 aliphatic carbocycles. The Morgan fingerprint density at radius 1 is 1.22 bits per heavy atom. The normalized spacial score (nSPS) is 15.0. The third kappa shape index (κ3) is 7.22. The van der Waals surface area contributed by atoms with Gasteiger partial charge in [0, 0.05) is 13.5 Å². The Hall–Kier alpha value is -1.97. The van der Waals surface area contributed by atoms with Crippen molar-refractivity contribution in [3.8, 4) is 0 Å². The number of alkyl halides is 2. The molecule has 0 radical (unpaired) electrons. The van der Waals surface area contributed by atoms with E-state index in [1.165, 1.54) is 6.92 Å². The summed E-state index contributed by atoms with van der Waals surface area (Å²) >= 11 is 0. The molecule has 10 heteroatoms. The first-order chi connectivity index (χ1) is 10.5. The summed E-state index contributed by atoms with van der Waals surface area (Å²) in [4.78, 5) is 33.4. The number of carbonyl (C=O) groups is 3. The van der Waals surface area contributed by atoms with Gasteiger partial charge in [-0.25, -0.2) is 18.4 Å². The number of carboxylic acid groups (broad SMARTS) is 1. The Kier molecular flexibility index (Phi) is 8.44. The maximum absolute atomic E-state index is 12.6. The van der Waals surface area contributed by atoms with Crippen LogP contribution < -0.4 is 11.1 Å². The Bertz CT molecular complexity index is 433. The van der Waals surface area contributed by atoms with E-state index < -0.39 is 42.7 Å². The van der Waals surface area contributed by atoms with Crippen LogP contribution in [0, 0.1) is 5.92 Å². The molecule has 8 nitrogen and oxygen atoms in total. The molecular formula is C13H22F2N2O6. The molecule has 0 aliphatic heterocycles. The van der Waals surface area contributed by atoms with Crippen molar-refractivity contribution >= 4 is 18.0 Å². The first kappa shape index (κ1) is 21.0. The van der Waals surface area contributed by atoms with Crippen LogP contribution in [0.4, 0.5) is 13.6 Å². The summed E-state index contributed by atoms with van der Waals surface area (Å²) in [5, 5.41) is 10.9. The highest BCUT2D eigenvalue weighted by molar-refractivity contribution is 5.79. The highest BCUT2D eigenvalue weighted by atomic mass is 19.3. The van der Waals surface area contributed by atoms with Gasteiger partial charge in [-0.2, -0.15) is 0 Å². The number of carboxylic acids is 1. The largest absolute Gasteiger partial charge is 0.480 e. The second-order valence-electron chi connectivity index (χ2n) is 5.24. The van der Waals surface area contributed by atoms with E-state index in [4.69, 9.17) is 20.3 Å². The predicted molar refractivity (Wildman–Crippen MR) is 74.7 cm³/mol. The summed E-state index contributed by atoms with van der Waals surface area (Å²) in [6, 6.07) is 0. The number of aliphatic carboxylic acids is 1. The molecule has 0 rings (SSSR count). The quantitative estimate of drug-likeness (QED) is 0.325. The van der Waals surface area contributed by atoms with Gasteiger partial charge in [0.2, 0.25) is 6.29 Å². The first-order valence-corrected chi connectivity index (χ1v) is 6.96. The van der Waals surface area contributed by atoms with E-state index in [1.807, 2.05) is 0 Å². The number of esters is 1. The third-order valence-corrected chi connectivity index (χ3v) is 2.85. The summed E-state index contributed by atoms with van der Waals surface area (Å²) < 4.78 is 34.7. The number of carbonyl (C=O) groups excluding carboxylic acids is 2. The van der Waals surface area contributed by atoms with Gasteiger partial charge in [0.1, 0.15) is 0 Å². The smallest absolute Gasteiger partial charge is 0.410 e. The van der Waals surface area contributed by atoms with Crippen molar-refractivity contribution in [3.63, 3.8) is 0 Å². The van der Waals surface area contributed by atoms with Crippen molar-refractivity contribution in [3.05, 3.63) is 0 Å². The molecule has 134 valence electrons. The molecule has 0 spiro atoms. The Morgan fingerprint density at radius 2 is 1.78 bits per heavy atom. The van der Waals surface area contributed by atoms with Crippen molar-refractivity contribution in [2.45, 2.75) is 51.9 Å². The fraction of sp³-hybridized carbons (Fsp3) is 0.769. The van der Waals surface area contributed by atoms with E-state index in [9.17, 15) is 23.2 Å². The number of ether oxygens (including phenoxy) is 2. The van der Waals surface area contributed by atoms with Crippen LogP contribution in [0.3, 0.4) is 0 Å². The minimum atomic E-state index is -3.23. The maximum Gasteiger partial charge on any atom is 0.410 e. The van der Waals surface area contributed by atoms with Gasteiger partial charge in [0.05, 0.1) is 5.92 Å². The molecule has 0 heterocycles. The fourth-order valence-electron chi connectivity index (χ4n) is 1.40. The van der Waals surface area contributed by atoms with Crippen molar-refractivity contribution in [1.82, 2.24) is 5.32 Å². The lowest BCUT2D eigenvalue weighted by Gasteiger charge is -2.23. The minimum Gasteiger partial charge on any atom is -0.480 e. The van der Waals surface area contributed by atoms with Crippen LogP contribution in [-0.4, -0.2) is 47.9 Å². The lowest BCUT2D eigenvalue weighted by molar-refractivity contribution is -0.168. The van der Waals surface area contributed by atoms with Crippen LogP contribution in [0.15, 0.2) is 0 Å². The molecule has 0 aromatic carbocycles. The van der Waals surface area contributed by atoms with E-state index in [0.29, 0.717) is 0 Å². The number of alkyl carbamates (subject to hydrolysis) is 1. The summed E-state index contributed by atoms with van der Waals surface area (Å²) in [6.45, 7) is 4.44. The molecule has 0 aromatic rings. The number of hydrogen-bond acceptors (Lipinski definition) is 6. The van der Waals surface area contributed by atoms with Crippen LogP contribution >= 0.6 is 0 Å². The van der Waals surface area contributed by atoms with Gasteiger partial charge in [-0.15, -0.1) is 0 Å². The zero-order chi connectivity index (χ0) is 18.2. The second-order valence-corrected chi connectivity index (χ2v) is 5.24. The maximum atomic E-state index is 12.6. The van der Waals surface area contributed by atoms with Gasteiger partial charge in [-0.05, 0) is 12.8 Å². The molecular weight excluding hydrogens is 318 g/mol. The number of nitrogens with one attached hydrogen (secondary N) is 1. The van der Waals surface area contributed by atoms with Gasteiger partial charge in [-0.3, -0.25) is 4.79 Å². The number of nitrogens with two attached hydrogens (primary N) is 1. The van der Waals surface area contributed by atoms with Crippen LogP contribution in [-0.2, 0) is 19.1 Å². The SMILES string of the molecule is CC(OC(=O)NCCCC(N)(C(=O)O)C(F)F)OC(=O)C(C)C. The molecule has 0 saturated carbocycles. The number of rotatable bonds is 9. The van der Waals surface area contributed by atoms with Crippen molar-refractivity contribution < 1.29 is 37.7 Å². The third-order valence-electron chi connectivity index (χ3n) is 2.85. The fourth-order valence-corrected chi connectivity index (χ4v) is 1.40. The van der Waals surface area contributed by atoms with Gasteiger partial charge in [0.25, 0.3) is 6.43 Å². The monoisotopic (exact) mass is 340 g/mol. The molecule has 4 N–H and O–H groups in total. The zero-order valence-electron chi connectivity index (χ0n) is 13.2. The van der Waals surface area contributed by atoms with Crippen LogP contribution in [0.2, 0.25) is 0 Å². The summed E-state index contributed by atoms with van der Waals surface area (Å²) in [5.74, 6) is -2.74. The van der Waals surface area contributed by atoms with Gasteiger partial charge >= 0.3 is 18.0 Å². The van der Waals surface area contributed by atoms with Crippen LogP contribution in [0.5, 0.6) is 0 Å². The average Bonchev–Trinajstić information content (AvgIpc) is 2.42. The molecule has 1 amide bonds. The molecule has 2 atom stereocenters. The molecule has 0 fully saturated rings. The summed E-state index contributed by atoms with van der Waals surface area (Å²) in [6.07, 6.45) is -5.90. The van der Waals surface area contributed by atoms with Gasteiger partial charge < -0.3 is 25.6 Å². The standard InChI is InChI=1S/C13H22F2N2O6/c1-7(2)9(18)22-8(3)23-12(21)17-6-4-5-13(16,10(14)15)11(19)20/h7-8,10H,4-6,16H2,1-3H3,(H,17,21)(H,19,20). The average molecular weight is 340 g/mol. The predicted octanol–water partition coefficient (Wildman–Crippen LogP) is 1.09.